The van der Waals surface area contributed by atoms with Gasteiger partial charge in [-0.2, -0.15) is 0 Å². The van der Waals surface area contributed by atoms with Crippen LogP contribution in [-0.4, -0.2) is 49.3 Å². The van der Waals surface area contributed by atoms with Gasteiger partial charge in [-0.25, -0.2) is 0 Å². The van der Waals surface area contributed by atoms with Crippen LogP contribution in [0.3, 0.4) is 0 Å². The second-order valence-electron chi connectivity index (χ2n) is 6.18. The average Bonchev–Trinajstić information content (AvgIpc) is 3.01. The third kappa shape index (κ3) is 5.37. The predicted octanol–water partition coefficient (Wildman–Crippen LogP) is 3.16. The Bertz CT molecular complexity index is 380. The zero-order valence-electron chi connectivity index (χ0n) is 13.7. The first-order valence-electron chi connectivity index (χ1n) is 8.32. The summed E-state index contributed by atoms with van der Waals surface area (Å²) in [5.74, 6) is 0. The first kappa shape index (κ1) is 16.9. The molecular formula is C17H30N2OS. The fraction of sp³-hybridized carbons (Fsp3) is 0.765. The van der Waals surface area contributed by atoms with Gasteiger partial charge in [0.1, 0.15) is 0 Å². The normalized spacial score (nSPS) is 21.8. The second-order valence-corrected chi connectivity index (χ2v) is 7.21. The van der Waals surface area contributed by atoms with Crippen molar-refractivity contribution in [3.63, 3.8) is 0 Å². The molecule has 2 rings (SSSR count). The van der Waals surface area contributed by atoms with Gasteiger partial charge >= 0.3 is 0 Å². The molecule has 1 aliphatic heterocycles. The summed E-state index contributed by atoms with van der Waals surface area (Å²) in [5, 5.41) is 5.88. The first-order chi connectivity index (χ1) is 10.2. The zero-order valence-corrected chi connectivity index (χ0v) is 14.5. The van der Waals surface area contributed by atoms with Gasteiger partial charge in [0.2, 0.25) is 0 Å². The average molecular weight is 311 g/mol. The fourth-order valence-corrected chi connectivity index (χ4v) is 3.64. The number of nitrogens with zero attached hydrogens (tertiary/aromatic N) is 1. The molecule has 0 radical (unpaired) electrons. The molecule has 1 aromatic rings. The molecule has 1 aliphatic rings. The Morgan fingerprint density at radius 3 is 3.00 bits per heavy atom. The third-order valence-electron chi connectivity index (χ3n) is 4.24. The maximum atomic E-state index is 6.09. The monoisotopic (exact) mass is 310 g/mol. The molecule has 0 amide bonds. The van der Waals surface area contributed by atoms with E-state index in [9.17, 15) is 0 Å². The quantitative estimate of drug-likeness (QED) is 0.798. The lowest BCUT2D eigenvalue weighted by molar-refractivity contribution is -0.0563. The fourth-order valence-electron chi connectivity index (χ4n) is 2.91. The molecular weight excluding hydrogens is 280 g/mol. The van der Waals surface area contributed by atoms with Crippen molar-refractivity contribution in [2.24, 2.45) is 0 Å². The Morgan fingerprint density at radius 2 is 2.33 bits per heavy atom. The van der Waals surface area contributed by atoms with Crippen molar-refractivity contribution in [3.05, 3.63) is 22.4 Å². The highest BCUT2D eigenvalue weighted by atomic mass is 32.1. The summed E-state index contributed by atoms with van der Waals surface area (Å²) in [6.45, 7) is 10.9. The van der Waals surface area contributed by atoms with Gasteiger partial charge < -0.3 is 10.1 Å². The van der Waals surface area contributed by atoms with E-state index in [1.807, 2.05) is 11.3 Å². The molecule has 0 saturated carbocycles. The Morgan fingerprint density at radius 1 is 1.48 bits per heavy atom. The minimum Gasteiger partial charge on any atom is -0.374 e. The summed E-state index contributed by atoms with van der Waals surface area (Å²) in [5.41, 5.74) is 0. The van der Waals surface area contributed by atoms with Crippen LogP contribution in [0, 0.1) is 0 Å². The molecule has 120 valence electrons. The minimum atomic E-state index is 0.327. The van der Waals surface area contributed by atoms with Crippen molar-refractivity contribution in [2.75, 3.05) is 26.2 Å². The van der Waals surface area contributed by atoms with Gasteiger partial charge in [-0.1, -0.05) is 13.0 Å². The smallest absolute Gasteiger partial charge is 0.0855 e. The molecule has 3 nitrogen and oxygen atoms in total. The van der Waals surface area contributed by atoms with E-state index in [0.29, 0.717) is 18.2 Å². The van der Waals surface area contributed by atoms with Crippen LogP contribution in [0.1, 0.15) is 38.5 Å². The number of hydrogen-bond acceptors (Lipinski definition) is 4. The molecule has 1 fully saturated rings. The van der Waals surface area contributed by atoms with E-state index in [4.69, 9.17) is 4.74 Å². The van der Waals surface area contributed by atoms with Crippen LogP contribution in [0.5, 0.6) is 0 Å². The molecule has 2 heterocycles. The molecule has 21 heavy (non-hydrogen) atoms. The number of thiophene rings is 1. The van der Waals surface area contributed by atoms with Crippen LogP contribution in [0.15, 0.2) is 17.5 Å². The molecule has 1 aromatic heterocycles. The number of nitrogens with one attached hydrogen (secondary N) is 1. The van der Waals surface area contributed by atoms with Gasteiger partial charge in [0.25, 0.3) is 0 Å². The maximum absolute atomic E-state index is 6.09. The highest BCUT2D eigenvalue weighted by Gasteiger charge is 2.28. The van der Waals surface area contributed by atoms with Gasteiger partial charge in [-0.15, -0.1) is 11.3 Å². The summed E-state index contributed by atoms with van der Waals surface area (Å²) >= 11 is 1.86. The van der Waals surface area contributed by atoms with E-state index in [1.54, 1.807) is 0 Å². The van der Waals surface area contributed by atoms with Crippen LogP contribution in [0.4, 0.5) is 0 Å². The summed E-state index contributed by atoms with van der Waals surface area (Å²) in [6.07, 6.45) is 3.82. The SMILES string of the molecule is CCCNC(CCc1cccs1)C1CN(C(C)C)CCO1. The number of rotatable bonds is 8. The van der Waals surface area contributed by atoms with E-state index in [-0.39, 0.29) is 0 Å². The van der Waals surface area contributed by atoms with E-state index in [1.165, 1.54) is 11.3 Å². The van der Waals surface area contributed by atoms with Crippen LogP contribution in [0.25, 0.3) is 0 Å². The Kier molecular flexibility index (Phi) is 7.17. The number of hydrogen-bond donors (Lipinski definition) is 1. The minimum absolute atomic E-state index is 0.327. The summed E-state index contributed by atoms with van der Waals surface area (Å²) in [4.78, 5) is 4.02. The molecule has 2 atom stereocenters. The lowest BCUT2D eigenvalue weighted by Crippen LogP contribution is -2.54. The van der Waals surface area contributed by atoms with Crippen molar-refractivity contribution in [3.8, 4) is 0 Å². The molecule has 0 aliphatic carbocycles. The third-order valence-corrected chi connectivity index (χ3v) is 5.18. The van der Waals surface area contributed by atoms with Crippen LogP contribution < -0.4 is 5.32 Å². The van der Waals surface area contributed by atoms with E-state index < -0.39 is 0 Å². The van der Waals surface area contributed by atoms with Crippen LogP contribution in [0.2, 0.25) is 0 Å². The highest BCUT2D eigenvalue weighted by Crippen LogP contribution is 2.18. The summed E-state index contributed by atoms with van der Waals surface area (Å²) in [7, 11) is 0. The Balaban J connectivity index is 1.90. The molecule has 0 spiro atoms. The van der Waals surface area contributed by atoms with Gasteiger partial charge in [0.05, 0.1) is 12.7 Å². The zero-order chi connectivity index (χ0) is 15.1. The lowest BCUT2D eigenvalue weighted by Gasteiger charge is -2.39. The van der Waals surface area contributed by atoms with E-state index in [2.05, 4.69) is 48.5 Å². The largest absolute Gasteiger partial charge is 0.374 e. The van der Waals surface area contributed by atoms with Gasteiger partial charge in [0, 0.05) is 30.1 Å². The van der Waals surface area contributed by atoms with E-state index in [0.717, 1.165) is 39.1 Å². The second kappa shape index (κ2) is 8.89. The molecule has 0 aromatic carbocycles. The van der Waals surface area contributed by atoms with Crippen molar-refractivity contribution < 1.29 is 4.74 Å². The molecule has 1 saturated heterocycles. The van der Waals surface area contributed by atoms with E-state index >= 15 is 0 Å². The summed E-state index contributed by atoms with van der Waals surface area (Å²) < 4.78 is 6.09. The highest BCUT2D eigenvalue weighted by molar-refractivity contribution is 7.09. The van der Waals surface area contributed by atoms with Gasteiger partial charge in [0.15, 0.2) is 0 Å². The lowest BCUT2D eigenvalue weighted by atomic mass is 10.0. The first-order valence-corrected chi connectivity index (χ1v) is 9.20. The standard InChI is InChI=1S/C17H30N2OS/c1-4-9-18-16(8-7-15-6-5-12-21-15)17-13-19(14(2)3)10-11-20-17/h5-6,12,14,16-18H,4,7-11,13H2,1-3H3. The van der Waals surface area contributed by atoms with Crippen molar-refractivity contribution in [1.82, 2.24) is 10.2 Å². The van der Waals surface area contributed by atoms with Gasteiger partial charge in [-0.3, -0.25) is 4.90 Å². The van der Waals surface area contributed by atoms with Crippen LogP contribution >= 0.6 is 11.3 Å². The predicted molar refractivity (Wildman–Crippen MR) is 91.2 cm³/mol. The maximum Gasteiger partial charge on any atom is 0.0855 e. The number of ether oxygens (including phenoxy) is 1. The molecule has 1 N–H and O–H groups in total. The van der Waals surface area contributed by atoms with Crippen molar-refractivity contribution >= 4 is 11.3 Å². The summed E-state index contributed by atoms with van der Waals surface area (Å²) in [6, 6.07) is 5.46. The van der Waals surface area contributed by atoms with Gasteiger partial charge in [-0.05, 0) is 51.1 Å². The molecule has 0 bridgehead atoms. The number of aryl methyl sites for hydroxylation is 1. The molecule has 2 unspecified atom stereocenters. The van der Waals surface area contributed by atoms with Crippen molar-refractivity contribution in [2.45, 2.75) is 58.2 Å². The Hall–Kier alpha value is -0.420. The Labute approximate surface area is 133 Å². The van der Waals surface area contributed by atoms with Crippen molar-refractivity contribution in [1.29, 1.82) is 0 Å². The number of morpholine rings is 1. The molecule has 4 heteroatoms. The topological polar surface area (TPSA) is 24.5 Å². The van der Waals surface area contributed by atoms with Crippen LogP contribution in [-0.2, 0) is 11.2 Å².